The van der Waals surface area contributed by atoms with E-state index in [0.29, 0.717) is 0 Å². The second-order valence-corrected chi connectivity index (χ2v) is 2.58. The number of hydrogen-bond acceptors (Lipinski definition) is 1. The maximum absolute atomic E-state index is 5.10. The molecule has 1 nitrogen and oxygen atoms in total. The molecule has 0 atom stereocenters. The van der Waals surface area contributed by atoms with Crippen molar-refractivity contribution in [3.05, 3.63) is 40.9 Å². The zero-order chi connectivity index (χ0) is 12.3. The number of methoxy groups -OCH3 is 1. The van der Waals surface area contributed by atoms with Crippen LogP contribution < -0.4 is 0 Å². The molecule has 0 amide bonds. The van der Waals surface area contributed by atoms with Gasteiger partial charge in [-0.15, -0.1) is 0 Å². The third-order valence-corrected chi connectivity index (χ3v) is 1.59. The van der Waals surface area contributed by atoms with E-state index in [0.717, 1.165) is 11.3 Å². The Morgan fingerprint density at radius 3 is 2.00 bits per heavy atom. The minimum absolute atomic E-state index is 0.818. The highest BCUT2D eigenvalue weighted by atomic mass is 16.5. The summed E-state index contributed by atoms with van der Waals surface area (Å²) in [6.07, 6.45) is 6.00. The molecule has 15 heavy (non-hydrogen) atoms. The maximum atomic E-state index is 5.10. The van der Waals surface area contributed by atoms with Gasteiger partial charge in [-0.25, -0.2) is 0 Å². The van der Waals surface area contributed by atoms with E-state index in [-0.39, 0.29) is 0 Å². The van der Waals surface area contributed by atoms with E-state index in [1.807, 2.05) is 59.8 Å². The van der Waals surface area contributed by atoms with E-state index < -0.39 is 0 Å². The minimum Gasteiger partial charge on any atom is -0.489 e. The van der Waals surface area contributed by atoms with Crippen LogP contribution >= 0.6 is 0 Å². The average molecular weight is 208 g/mol. The van der Waals surface area contributed by atoms with E-state index in [1.54, 1.807) is 7.11 Å². The Kier molecular flexibility index (Phi) is 11.8. The van der Waals surface area contributed by atoms with Gasteiger partial charge in [0.25, 0.3) is 0 Å². The third kappa shape index (κ3) is 6.82. The minimum atomic E-state index is 0.818. The van der Waals surface area contributed by atoms with Crippen LogP contribution in [0.3, 0.4) is 0 Å². The van der Waals surface area contributed by atoms with Crippen LogP contribution in [-0.4, -0.2) is 7.11 Å². The highest BCUT2D eigenvalue weighted by molar-refractivity contribution is 5.35. The monoisotopic (exact) mass is 208 g/mol. The van der Waals surface area contributed by atoms with Crippen LogP contribution in [0.1, 0.15) is 41.5 Å². The molecule has 0 aromatic rings. The van der Waals surface area contributed by atoms with Crippen LogP contribution in [0, 0.1) is 0 Å². The van der Waals surface area contributed by atoms with Crippen LogP contribution in [0.4, 0.5) is 0 Å². The molecule has 0 aliphatic heterocycles. The van der Waals surface area contributed by atoms with E-state index in [9.17, 15) is 0 Å². The summed E-state index contributed by atoms with van der Waals surface area (Å²) in [6.45, 7) is 12.0. The summed E-state index contributed by atoms with van der Waals surface area (Å²) in [4.78, 5) is 0. The number of allylic oxidation sites excluding steroid dienone is 4. The molecule has 0 N–H and O–H groups in total. The predicted molar refractivity (Wildman–Crippen MR) is 68.8 cm³/mol. The second kappa shape index (κ2) is 10.9. The molecule has 0 unspecified atom stereocenters. The molecule has 0 fully saturated rings. The number of rotatable bonds is 1. The van der Waals surface area contributed by atoms with Crippen molar-refractivity contribution in [3.8, 4) is 0 Å². The van der Waals surface area contributed by atoms with Crippen LogP contribution in [0.5, 0.6) is 0 Å². The molecule has 1 heteroatoms. The molecule has 1 aliphatic rings. The zero-order valence-electron chi connectivity index (χ0n) is 11.1. The average Bonchev–Trinajstić information content (AvgIpc) is 2.47. The van der Waals surface area contributed by atoms with E-state index in [2.05, 4.69) is 5.73 Å². The van der Waals surface area contributed by atoms with Gasteiger partial charge in [0.05, 0.1) is 7.11 Å². The molecule has 0 saturated heterocycles. The Bertz CT molecular complexity index is 274. The van der Waals surface area contributed by atoms with Gasteiger partial charge in [-0.1, -0.05) is 45.6 Å². The third-order valence-electron chi connectivity index (χ3n) is 1.59. The molecule has 0 spiro atoms. The Labute approximate surface area is 94.8 Å². The standard InChI is InChI=1S/C10H12O.2C2H6/c1-8-4-6-9(2)10(11-3)7-5-8;2*1-2/h4-6H,1-3H3;2*1-2H3. The molecule has 0 bridgehead atoms. The summed E-state index contributed by atoms with van der Waals surface area (Å²) >= 11 is 0. The molecule has 0 saturated carbocycles. The summed E-state index contributed by atoms with van der Waals surface area (Å²) in [5.41, 5.74) is 5.37. The van der Waals surface area contributed by atoms with E-state index >= 15 is 0 Å². The summed E-state index contributed by atoms with van der Waals surface area (Å²) in [6, 6.07) is 0. The van der Waals surface area contributed by atoms with E-state index in [1.165, 1.54) is 5.57 Å². The first-order valence-corrected chi connectivity index (χ1v) is 5.60. The van der Waals surface area contributed by atoms with Crippen molar-refractivity contribution in [1.82, 2.24) is 0 Å². The lowest BCUT2D eigenvalue weighted by Crippen LogP contribution is -1.84. The second-order valence-electron chi connectivity index (χ2n) is 2.58. The molecule has 0 heterocycles. The fourth-order valence-corrected chi connectivity index (χ4v) is 0.893. The van der Waals surface area contributed by atoms with Gasteiger partial charge in [0.2, 0.25) is 0 Å². The highest BCUT2D eigenvalue weighted by Crippen LogP contribution is 2.12. The first-order valence-electron chi connectivity index (χ1n) is 5.60. The van der Waals surface area contributed by atoms with Crippen molar-refractivity contribution in [3.63, 3.8) is 0 Å². The predicted octanol–water partition coefficient (Wildman–Crippen LogP) is 4.63. The Morgan fingerprint density at radius 2 is 1.53 bits per heavy atom. The summed E-state index contributed by atoms with van der Waals surface area (Å²) in [7, 11) is 1.66. The van der Waals surface area contributed by atoms with Crippen molar-refractivity contribution in [1.29, 1.82) is 0 Å². The van der Waals surface area contributed by atoms with Gasteiger partial charge < -0.3 is 4.74 Å². The molecular formula is C14H24O. The fourth-order valence-electron chi connectivity index (χ4n) is 0.893. The summed E-state index contributed by atoms with van der Waals surface area (Å²) in [5, 5.41) is 0. The molecule has 1 aliphatic carbocycles. The topological polar surface area (TPSA) is 9.23 Å². The van der Waals surface area contributed by atoms with Crippen molar-refractivity contribution in [2.75, 3.05) is 7.11 Å². The number of hydrogen-bond donors (Lipinski definition) is 0. The normalized spacial score (nSPS) is 12.9. The zero-order valence-corrected chi connectivity index (χ0v) is 11.1. The van der Waals surface area contributed by atoms with Crippen molar-refractivity contribution < 1.29 is 4.74 Å². The smallest absolute Gasteiger partial charge is 0.164 e. The quantitative estimate of drug-likeness (QED) is 0.571. The Morgan fingerprint density at radius 1 is 1.00 bits per heavy atom. The van der Waals surface area contributed by atoms with Gasteiger partial charge >= 0.3 is 0 Å². The first kappa shape index (κ1) is 16.2. The molecule has 0 aromatic heterocycles. The first-order chi connectivity index (χ1) is 7.24. The van der Waals surface area contributed by atoms with Gasteiger partial charge in [0.1, 0.15) is 0 Å². The van der Waals surface area contributed by atoms with Gasteiger partial charge in [-0.2, -0.15) is 0 Å². The highest BCUT2D eigenvalue weighted by Gasteiger charge is 1.98. The molecule has 1 rings (SSSR count). The Hall–Kier alpha value is -1.20. The molecule has 0 aromatic carbocycles. The fraction of sp³-hybridized carbons (Fsp3) is 0.500. The lowest BCUT2D eigenvalue weighted by molar-refractivity contribution is 0.302. The van der Waals surface area contributed by atoms with Gasteiger partial charge in [-0.05, 0) is 31.1 Å². The van der Waals surface area contributed by atoms with Crippen LogP contribution in [0.2, 0.25) is 0 Å². The lowest BCUT2D eigenvalue weighted by Gasteiger charge is -1.99. The van der Waals surface area contributed by atoms with Crippen molar-refractivity contribution in [2.45, 2.75) is 41.5 Å². The SMILES string of the molecule is CC.CC.COC1=C=CC(C)=CC=C1C. The van der Waals surface area contributed by atoms with Crippen LogP contribution in [0.15, 0.2) is 40.9 Å². The van der Waals surface area contributed by atoms with Crippen LogP contribution in [-0.2, 0) is 4.74 Å². The molecule has 0 radical (unpaired) electrons. The number of ether oxygens (including phenoxy) is 1. The van der Waals surface area contributed by atoms with Crippen LogP contribution in [0.25, 0.3) is 0 Å². The summed E-state index contributed by atoms with van der Waals surface area (Å²) in [5.74, 6) is 0.818. The van der Waals surface area contributed by atoms with Crippen molar-refractivity contribution in [2.24, 2.45) is 0 Å². The lowest BCUT2D eigenvalue weighted by atomic mass is 10.2. The molecule has 86 valence electrons. The van der Waals surface area contributed by atoms with Gasteiger partial charge in [0.15, 0.2) is 5.76 Å². The summed E-state index contributed by atoms with van der Waals surface area (Å²) < 4.78 is 5.10. The van der Waals surface area contributed by atoms with Gasteiger partial charge in [-0.3, -0.25) is 0 Å². The maximum Gasteiger partial charge on any atom is 0.164 e. The largest absolute Gasteiger partial charge is 0.489 e. The van der Waals surface area contributed by atoms with E-state index in [4.69, 9.17) is 4.74 Å². The van der Waals surface area contributed by atoms with Gasteiger partial charge in [0, 0.05) is 0 Å². The molecular weight excluding hydrogens is 184 g/mol. The van der Waals surface area contributed by atoms with Crippen molar-refractivity contribution >= 4 is 0 Å². The Balaban J connectivity index is 0.